The maximum Gasteiger partial charge on any atom is 0.253 e. The van der Waals surface area contributed by atoms with Gasteiger partial charge in [0.2, 0.25) is 0 Å². The molecule has 0 saturated heterocycles. The van der Waals surface area contributed by atoms with Crippen LogP contribution in [0.2, 0.25) is 5.02 Å². The number of H-pyrrole nitrogens is 1. The molecule has 0 fully saturated rings. The Hall–Kier alpha value is -3.98. The van der Waals surface area contributed by atoms with E-state index in [-0.39, 0.29) is 5.91 Å². The van der Waals surface area contributed by atoms with Gasteiger partial charge < -0.3 is 20.6 Å². The van der Waals surface area contributed by atoms with Crippen molar-refractivity contribution < 1.29 is 4.79 Å². The van der Waals surface area contributed by atoms with Gasteiger partial charge in [-0.3, -0.25) is 9.78 Å². The number of nitrogens with two attached hydrogens (primary N) is 1. The maximum absolute atomic E-state index is 12.3. The molecule has 4 heterocycles. The van der Waals surface area contributed by atoms with Crippen LogP contribution < -0.4 is 11.1 Å². The number of carbonyl (C=O) groups excluding carboxylic acids is 1. The Labute approximate surface area is 181 Å². The van der Waals surface area contributed by atoms with E-state index in [0.717, 1.165) is 22.2 Å². The van der Waals surface area contributed by atoms with Gasteiger partial charge in [0.15, 0.2) is 11.5 Å². The SMILES string of the molecule is Nc1ncnc2c1ncn2Cc1cc(Cl)cc2cc(CNC(=O)c3cccnc3)[nH]c12. The first kappa shape index (κ1) is 19.0. The fourth-order valence-corrected chi connectivity index (χ4v) is 3.78. The second-order valence-electron chi connectivity index (χ2n) is 7.05. The van der Waals surface area contributed by atoms with Crippen LogP contribution in [0.15, 0.2) is 55.4 Å². The third kappa shape index (κ3) is 3.66. The highest BCUT2D eigenvalue weighted by molar-refractivity contribution is 6.31. The van der Waals surface area contributed by atoms with Crippen molar-refractivity contribution in [3.8, 4) is 0 Å². The molecule has 5 rings (SSSR count). The van der Waals surface area contributed by atoms with E-state index in [1.165, 1.54) is 12.5 Å². The zero-order chi connectivity index (χ0) is 21.4. The van der Waals surface area contributed by atoms with Crippen LogP contribution in [0.1, 0.15) is 21.6 Å². The number of pyridine rings is 1. The second kappa shape index (κ2) is 7.69. The molecule has 0 bridgehead atoms. The molecule has 0 aliphatic carbocycles. The monoisotopic (exact) mass is 432 g/mol. The number of benzene rings is 1. The van der Waals surface area contributed by atoms with Crippen LogP contribution in [0.25, 0.3) is 22.1 Å². The van der Waals surface area contributed by atoms with E-state index in [1.807, 2.05) is 22.8 Å². The first-order chi connectivity index (χ1) is 15.1. The van der Waals surface area contributed by atoms with E-state index < -0.39 is 0 Å². The summed E-state index contributed by atoms with van der Waals surface area (Å²) in [5.74, 6) is 0.152. The summed E-state index contributed by atoms with van der Waals surface area (Å²) in [5, 5.41) is 4.46. The summed E-state index contributed by atoms with van der Waals surface area (Å²) < 4.78 is 1.89. The second-order valence-corrected chi connectivity index (χ2v) is 7.49. The van der Waals surface area contributed by atoms with Crippen molar-refractivity contribution in [1.29, 1.82) is 0 Å². The normalized spacial score (nSPS) is 11.3. The molecule has 9 nitrogen and oxygen atoms in total. The van der Waals surface area contributed by atoms with Crippen molar-refractivity contribution in [2.24, 2.45) is 0 Å². The van der Waals surface area contributed by atoms with E-state index in [0.29, 0.717) is 40.7 Å². The fraction of sp³-hybridized carbons (Fsp3) is 0.0952. The Morgan fingerprint density at radius 3 is 2.97 bits per heavy atom. The minimum absolute atomic E-state index is 0.188. The molecule has 0 saturated carbocycles. The zero-order valence-corrected chi connectivity index (χ0v) is 17.0. The van der Waals surface area contributed by atoms with Gasteiger partial charge in [0, 0.05) is 28.5 Å². The number of nitrogen functional groups attached to an aromatic ring is 1. The van der Waals surface area contributed by atoms with E-state index in [4.69, 9.17) is 17.3 Å². The zero-order valence-electron chi connectivity index (χ0n) is 16.2. The Morgan fingerprint density at radius 1 is 1.23 bits per heavy atom. The topological polar surface area (TPSA) is 127 Å². The molecule has 10 heteroatoms. The summed E-state index contributed by atoms with van der Waals surface area (Å²) in [6.07, 6.45) is 6.26. The largest absolute Gasteiger partial charge is 0.382 e. The lowest BCUT2D eigenvalue weighted by molar-refractivity contribution is 0.0950. The van der Waals surface area contributed by atoms with Gasteiger partial charge in [-0.1, -0.05) is 11.6 Å². The highest BCUT2D eigenvalue weighted by Gasteiger charge is 2.13. The van der Waals surface area contributed by atoms with Crippen LogP contribution in [-0.2, 0) is 13.1 Å². The van der Waals surface area contributed by atoms with Gasteiger partial charge in [-0.15, -0.1) is 0 Å². The Kier molecular flexibility index (Phi) is 4.72. The average Bonchev–Trinajstić information content (AvgIpc) is 3.37. The maximum atomic E-state index is 12.3. The molecule has 0 aliphatic rings. The Bertz CT molecular complexity index is 1410. The Morgan fingerprint density at radius 2 is 2.13 bits per heavy atom. The van der Waals surface area contributed by atoms with Crippen molar-refractivity contribution in [3.63, 3.8) is 0 Å². The summed E-state index contributed by atoms with van der Waals surface area (Å²) >= 11 is 6.36. The van der Waals surface area contributed by atoms with E-state index in [1.54, 1.807) is 24.7 Å². The van der Waals surface area contributed by atoms with Crippen LogP contribution >= 0.6 is 11.6 Å². The van der Waals surface area contributed by atoms with Gasteiger partial charge in [-0.05, 0) is 35.9 Å². The summed E-state index contributed by atoms with van der Waals surface area (Å²) in [6, 6.07) is 9.20. The van der Waals surface area contributed by atoms with Crippen LogP contribution in [0.3, 0.4) is 0 Å². The number of nitrogens with one attached hydrogen (secondary N) is 2. The number of fused-ring (bicyclic) bond motifs is 2. The number of rotatable bonds is 5. The lowest BCUT2D eigenvalue weighted by Crippen LogP contribution is -2.22. The number of hydrogen-bond acceptors (Lipinski definition) is 6. The first-order valence-electron chi connectivity index (χ1n) is 9.48. The predicted octanol–water partition coefficient (Wildman–Crippen LogP) is 2.92. The van der Waals surface area contributed by atoms with Gasteiger partial charge in [-0.25, -0.2) is 15.0 Å². The van der Waals surface area contributed by atoms with Crippen LogP contribution in [0, 0.1) is 0 Å². The van der Waals surface area contributed by atoms with Crippen molar-refractivity contribution in [3.05, 3.63) is 77.2 Å². The molecular weight excluding hydrogens is 416 g/mol. The van der Waals surface area contributed by atoms with Gasteiger partial charge >= 0.3 is 0 Å². The molecule has 4 N–H and O–H groups in total. The van der Waals surface area contributed by atoms with Crippen molar-refractivity contribution in [1.82, 2.24) is 34.8 Å². The minimum atomic E-state index is -0.188. The minimum Gasteiger partial charge on any atom is -0.382 e. The van der Waals surface area contributed by atoms with Crippen molar-refractivity contribution in [2.45, 2.75) is 13.1 Å². The van der Waals surface area contributed by atoms with E-state index >= 15 is 0 Å². The molecule has 0 aliphatic heterocycles. The van der Waals surface area contributed by atoms with E-state index in [9.17, 15) is 4.79 Å². The highest BCUT2D eigenvalue weighted by Crippen LogP contribution is 2.26. The fourth-order valence-electron chi connectivity index (χ4n) is 3.53. The molecule has 1 amide bonds. The molecule has 5 aromatic rings. The number of anilines is 1. The summed E-state index contributed by atoms with van der Waals surface area (Å²) in [7, 11) is 0. The smallest absolute Gasteiger partial charge is 0.253 e. The number of nitrogens with zero attached hydrogens (tertiary/aromatic N) is 5. The van der Waals surface area contributed by atoms with Crippen molar-refractivity contribution in [2.75, 3.05) is 5.73 Å². The summed E-state index contributed by atoms with van der Waals surface area (Å²) in [4.78, 5) is 32.3. The number of aromatic amines is 1. The van der Waals surface area contributed by atoms with Crippen LogP contribution in [0.4, 0.5) is 5.82 Å². The highest BCUT2D eigenvalue weighted by atomic mass is 35.5. The number of aromatic nitrogens is 6. The van der Waals surface area contributed by atoms with Gasteiger partial charge in [0.25, 0.3) is 5.91 Å². The number of carbonyl (C=O) groups is 1. The number of imidazole rings is 1. The van der Waals surface area contributed by atoms with Crippen LogP contribution in [0.5, 0.6) is 0 Å². The molecular formula is C21H17ClN8O. The number of amides is 1. The number of hydrogen-bond donors (Lipinski definition) is 3. The quantitative estimate of drug-likeness (QED) is 0.392. The molecule has 0 atom stereocenters. The third-order valence-corrected chi connectivity index (χ3v) is 5.18. The van der Waals surface area contributed by atoms with Crippen LogP contribution in [-0.4, -0.2) is 35.4 Å². The first-order valence-corrected chi connectivity index (χ1v) is 9.86. The number of halogens is 1. The van der Waals surface area contributed by atoms with Gasteiger partial charge in [-0.2, -0.15) is 0 Å². The standard InChI is InChI=1S/C21H17ClN8O/c22-15-4-13-6-16(8-25-21(31)12-2-1-3-24-7-12)29-17(13)14(5-15)9-30-11-28-18-19(23)26-10-27-20(18)30/h1-7,10-11,29H,8-9H2,(H,25,31)(H2,23,26,27). The predicted molar refractivity (Wildman–Crippen MR) is 118 cm³/mol. The molecule has 0 radical (unpaired) electrons. The summed E-state index contributed by atoms with van der Waals surface area (Å²) in [6.45, 7) is 0.837. The Balaban J connectivity index is 1.43. The lowest BCUT2D eigenvalue weighted by Gasteiger charge is -2.07. The molecule has 31 heavy (non-hydrogen) atoms. The third-order valence-electron chi connectivity index (χ3n) is 4.96. The van der Waals surface area contributed by atoms with Gasteiger partial charge in [0.1, 0.15) is 11.8 Å². The lowest BCUT2D eigenvalue weighted by atomic mass is 10.1. The molecule has 1 aromatic carbocycles. The molecule has 0 unspecified atom stereocenters. The average molecular weight is 433 g/mol. The van der Waals surface area contributed by atoms with E-state index in [2.05, 4.69) is 30.2 Å². The molecule has 0 spiro atoms. The summed E-state index contributed by atoms with van der Waals surface area (Å²) in [5.41, 5.74) is 10.4. The molecule has 154 valence electrons. The molecule has 4 aromatic heterocycles. The van der Waals surface area contributed by atoms with Gasteiger partial charge in [0.05, 0.1) is 30.5 Å². The van der Waals surface area contributed by atoms with Crippen molar-refractivity contribution >= 4 is 45.4 Å².